The highest BCUT2D eigenvalue weighted by atomic mass is 32.1. The Morgan fingerprint density at radius 2 is 2.04 bits per heavy atom. The van der Waals surface area contributed by atoms with E-state index in [4.69, 9.17) is 10.5 Å². The number of nitrogens with zero attached hydrogens (tertiary/aromatic N) is 5. The molecule has 47 heavy (non-hydrogen) atoms. The minimum absolute atomic E-state index is 0.0221. The van der Waals surface area contributed by atoms with E-state index in [9.17, 15) is 27.2 Å². The number of ether oxygens (including phenoxy) is 1. The van der Waals surface area contributed by atoms with Crippen molar-refractivity contribution in [1.82, 2.24) is 20.2 Å². The summed E-state index contributed by atoms with van der Waals surface area (Å²) in [7, 11) is 1.68. The number of anilines is 2. The van der Waals surface area contributed by atoms with E-state index >= 15 is 4.39 Å². The van der Waals surface area contributed by atoms with Crippen molar-refractivity contribution in [3.8, 4) is 23.2 Å². The van der Waals surface area contributed by atoms with Gasteiger partial charge in [0.05, 0.1) is 26.9 Å². The molecule has 5 heterocycles. The molecular weight excluding hydrogens is 644 g/mol. The minimum atomic E-state index is -5.07. The number of rotatable bonds is 6. The Hall–Kier alpha value is -3.87. The molecule has 2 aromatic carbocycles. The lowest BCUT2D eigenvalue weighted by molar-refractivity contribution is -0.137. The Kier molecular flexibility index (Phi) is 7.49. The molecule has 3 fully saturated rings. The largest absolute Gasteiger partial charge is 0.461 e. The average molecular weight is 676 g/mol. The van der Waals surface area contributed by atoms with E-state index in [1.54, 1.807) is 11.9 Å². The van der Waals surface area contributed by atoms with Gasteiger partial charge in [0, 0.05) is 42.9 Å². The molecule has 3 aliphatic heterocycles. The van der Waals surface area contributed by atoms with E-state index in [1.165, 1.54) is 0 Å². The van der Waals surface area contributed by atoms with E-state index < -0.39 is 51.7 Å². The van der Waals surface area contributed by atoms with E-state index in [2.05, 4.69) is 15.3 Å². The molecule has 2 aromatic heterocycles. The van der Waals surface area contributed by atoms with Gasteiger partial charge in [-0.1, -0.05) is 6.07 Å². The molecule has 3 aliphatic rings. The number of fused-ring (bicyclic) bond motifs is 3. The first-order valence-electron chi connectivity index (χ1n) is 15.3. The van der Waals surface area contributed by atoms with Crippen LogP contribution in [0.1, 0.15) is 43.7 Å². The van der Waals surface area contributed by atoms with Gasteiger partial charge in [-0.2, -0.15) is 28.4 Å². The van der Waals surface area contributed by atoms with Crippen molar-refractivity contribution >= 4 is 43.1 Å². The fourth-order valence-corrected chi connectivity index (χ4v) is 8.45. The van der Waals surface area contributed by atoms with E-state index in [-0.39, 0.29) is 63.0 Å². The van der Waals surface area contributed by atoms with Gasteiger partial charge < -0.3 is 20.7 Å². The zero-order valence-corrected chi connectivity index (χ0v) is 26.4. The lowest BCUT2D eigenvalue weighted by Crippen LogP contribution is -2.46. The molecule has 0 aliphatic carbocycles. The van der Waals surface area contributed by atoms with Gasteiger partial charge in [-0.05, 0) is 57.0 Å². The maximum absolute atomic E-state index is 17.0. The monoisotopic (exact) mass is 675 g/mol. The molecule has 3 atom stereocenters. The van der Waals surface area contributed by atoms with Gasteiger partial charge in [-0.25, -0.2) is 13.2 Å². The summed E-state index contributed by atoms with van der Waals surface area (Å²) in [5.41, 5.74) is 1.51. The topological polar surface area (TPSA) is 103 Å². The summed E-state index contributed by atoms with van der Waals surface area (Å²) in [6, 6.07) is 4.31. The number of thiophene rings is 1. The lowest BCUT2D eigenvalue weighted by Gasteiger charge is -2.36. The summed E-state index contributed by atoms with van der Waals surface area (Å²) in [4.78, 5) is 12.6. The second kappa shape index (κ2) is 11.1. The average Bonchev–Trinajstić information content (AvgIpc) is 3.78. The van der Waals surface area contributed by atoms with Crippen LogP contribution < -0.4 is 20.7 Å². The van der Waals surface area contributed by atoms with Crippen molar-refractivity contribution in [2.75, 3.05) is 50.5 Å². The molecule has 0 amide bonds. The van der Waals surface area contributed by atoms with Gasteiger partial charge in [-0.15, -0.1) is 11.3 Å². The second-order valence-corrected chi connectivity index (χ2v) is 14.0. The Morgan fingerprint density at radius 3 is 2.74 bits per heavy atom. The first-order chi connectivity index (χ1) is 22.3. The van der Waals surface area contributed by atoms with Crippen LogP contribution in [0.15, 0.2) is 18.2 Å². The fourth-order valence-electron chi connectivity index (χ4n) is 7.50. The molecule has 3 saturated heterocycles. The quantitative estimate of drug-likeness (QED) is 0.226. The van der Waals surface area contributed by atoms with Crippen LogP contribution in [0.25, 0.3) is 32.1 Å². The Balaban J connectivity index is 1.47. The maximum atomic E-state index is 17.0. The van der Waals surface area contributed by atoms with E-state index in [0.717, 1.165) is 24.6 Å². The first-order valence-corrected chi connectivity index (χ1v) is 16.1. The van der Waals surface area contributed by atoms with Gasteiger partial charge in [-0.3, -0.25) is 4.90 Å². The third-order valence-corrected chi connectivity index (χ3v) is 11.1. The van der Waals surface area contributed by atoms with Gasteiger partial charge >= 0.3 is 12.2 Å². The highest BCUT2D eigenvalue weighted by molar-refractivity contribution is 7.23. The molecule has 0 bridgehead atoms. The van der Waals surface area contributed by atoms with Gasteiger partial charge in [0.1, 0.15) is 41.0 Å². The number of aromatic nitrogens is 2. The summed E-state index contributed by atoms with van der Waals surface area (Å²) in [6.07, 6.45) is -3.65. The van der Waals surface area contributed by atoms with Crippen LogP contribution in [-0.4, -0.2) is 72.0 Å². The van der Waals surface area contributed by atoms with Crippen molar-refractivity contribution in [2.45, 2.75) is 56.0 Å². The van der Waals surface area contributed by atoms with Gasteiger partial charge in [0.15, 0.2) is 5.82 Å². The predicted octanol–water partition coefficient (Wildman–Crippen LogP) is 6.41. The van der Waals surface area contributed by atoms with Crippen LogP contribution in [0.5, 0.6) is 6.01 Å². The Bertz CT molecular complexity index is 1950. The van der Waals surface area contributed by atoms with Crippen LogP contribution >= 0.6 is 11.3 Å². The van der Waals surface area contributed by atoms with Crippen LogP contribution in [0.3, 0.4) is 0 Å². The first kappa shape index (κ1) is 31.7. The Labute approximate surface area is 270 Å². The summed E-state index contributed by atoms with van der Waals surface area (Å²) in [6.45, 7) is 4.10. The normalized spacial score (nSPS) is 24.7. The number of likely N-dealkylation sites (N-methyl/N-ethyl adjacent to an activating group) is 1. The maximum Gasteiger partial charge on any atom is 0.417 e. The van der Waals surface area contributed by atoms with Crippen molar-refractivity contribution in [3.05, 3.63) is 41.0 Å². The number of alkyl halides is 4. The van der Waals surface area contributed by atoms with Crippen molar-refractivity contribution in [1.29, 1.82) is 5.26 Å². The minimum Gasteiger partial charge on any atom is -0.461 e. The standard InChI is InChI=1S/C32H31F6N7OS/c1-30(7-8-41-14-30)44(2)28-18-10-20(32(36,37)38)23(17-4-5-21(34)26-22(17)19(12-39)27(40)47-26)24(35)25(18)42-29(43-28)46-15-31-6-3-9-45(31)13-16(33)11-31/h4-5,10,16,41H,3,6-9,11,13-15,40H2,1-2H3/t16-,30-,31+/m1/s1. The highest BCUT2D eigenvalue weighted by Crippen LogP contribution is 2.48. The number of nitriles is 1. The number of hydrogen-bond donors (Lipinski definition) is 2. The zero-order chi connectivity index (χ0) is 33.5. The molecule has 0 unspecified atom stereocenters. The van der Waals surface area contributed by atoms with Crippen molar-refractivity contribution in [3.63, 3.8) is 0 Å². The van der Waals surface area contributed by atoms with Crippen molar-refractivity contribution in [2.24, 2.45) is 0 Å². The van der Waals surface area contributed by atoms with Crippen LogP contribution in [0.4, 0.5) is 37.2 Å². The number of hydrogen-bond acceptors (Lipinski definition) is 9. The number of nitrogens with two attached hydrogens (primary N) is 1. The lowest BCUT2D eigenvalue weighted by atomic mass is 9.92. The predicted molar refractivity (Wildman–Crippen MR) is 167 cm³/mol. The molecular formula is C32H31F6N7OS. The molecule has 15 heteroatoms. The number of benzene rings is 2. The number of nitrogens with one attached hydrogen (secondary N) is 1. The summed E-state index contributed by atoms with van der Waals surface area (Å²) in [5.74, 6) is -2.11. The second-order valence-electron chi connectivity index (χ2n) is 12.9. The molecule has 0 radical (unpaired) electrons. The molecule has 248 valence electrons. The molecule has 0 saturated carbocycles. The summed E-state index contributed by atoms with van der Waals surface area (Å²) >= 11 is 0.697. The van der Waals surface area contributed by atoms with Crippen LogP contribution in [0, 0.1) is 23.0 Å². The van der Waals surface area contributed by atoms with E-state index in [1.807, 2.05) is 17.9 Å². The summed E-state index contributed by atoms with van der Waals surface area (Å²) in [5, 5.41) is 12.5. The smallest absolute Gasteiger partial charge is 0.417 e. The molecule has 4 aromatic rings. The molecule has 8 nitrogen and oxygen atoms in total. The van der Waals surface area contributed by atoms with Crippen LogP contribution in [-0.2, 0) is 6.18 Å². The molecule has 3 N–H and O–H groups in total. The highest BCUT2D eigenvalue weighted by Gasteiger charge is 2.49. The van der Waals surface area contributed by atoms with Gasteiger partial charge in [0.25, 0.3) is 0 Å². The zero-order valence-electron chi connectivity index (χ0n) is 25.6. The van der Waals surface area contributed by atoms with Gasteiger partial charge in [0.2, 0.25) is 0 Å². The van der Waals surface area contributed by atoms with Crippen LogP contribution in [0.2, 0.25) is 0 Å². The fraction of sp³-hybridized carbons (Fsp3) is 0.469. The third kappa shape index (κ3) is 5.03. The Morgan fingerprint density at radius 1 is 1.26 bits per heavy atom. The third-order valence-electron chi connectivity index (χ3n) is 10.1. The molecule has 0 spiro atoms. The van der Waals surface area contributed by atoms with E-state index in [0.29, 0.717) is 43.8 Å². The number of halogens is 6. The molecule has 7 rings (SSSR count). The summed E-state index contributed by atoms with van der Waals surface area (Å²) < 4.78 is 96.9. The SMILES string of the molecule is CN(c1nc(OC[C@@]23CCCN2C[C@H](F)C3)nc2c(F)c(-c3ccc(F)c4sc(N)c(C#N)c34)c(C(F)(F)F)cc12)[C@]1(C)CCNC1. The number of nitrogen functional groups attached to an aromatic ring is 1. The van der Waals surface area contributed by atoms with Crippen molar-refractivity contribution < 1.29 is 31.1 Å².